The average Bonchev–Trinajstić information content (AvgIpc) is 2.35. The molecule has 0 aliphatic carbocycles. The quantitative estimate of drug-likeness (QED) is 0.509. The van der Waals surface area contributed by atoms with E-state index in [9.17, 15) is 0 Å². The highest BCUT2D eigenvalue weighted by molar-refractivity contribution is 6.29. The number of rotatable bonds is 9. The molecule has 0 atom stereocenters. The molecule has 0 bridgehead atoms. The largest absolute Gasteiger partial charge is 0.478 e. The third-order valence-corrected chi connectivity index (χ3v) is 2.59. The Hall–Kier alpha value is -0.870. The highest BCUT2D eigenvalue weighted by Crippen LogP contribution is 2.14. The molecule has 0 N–H and O–H groups in total. The molecule has 5 heteroatoms. The maximum absolute atomic E-state index is 5.90. The van der Waals surface area contributed by atoms with Gasteiger partial charge >= 0.3 is 0 Å². The molecule has 0 saturated heterocycles. The molecule has 4 nitrogen and oxygen atoms in total. The molecule has 0 aromatic carbocycles. The second-order valence-electron chi connectivity index (χ2n) is 3.99. The second kappa shape index (κ2) is 9.11. The van der Waals surface area contributed by atoms with Gasteiger partial charge in [0.05, 0.1) is 6.61 Å². The third kappa shape index (κ3) is 6.17. The van der Waals surface area contributed by atoms with Crippen LogP contribution in [0, 0.1) is 0 Å². The van der Waals surface area contributed by atoms with Gasteiger partial charge in [0.15, 0.2) is 5.82 Å². The predicted molar refractivity (Wildman–Crippen MR) is 72.0 cm³/mol. The summed E-state index contributed by atoms with van der Waals surface area (Å²) in [5.74, 6) is 1.09. The van der Waals surface area contributed by atoms with E-state index in [4.69, 9.17) is 21.1 Å². The summed E-state index contributed by atoms with van der Waals surface area (Å²) in [4.78, 5) is 8.32. The first kappa shape index (κ1) is 15.2. The predicted octanol–water partition coefficient (Wildman–Crippen LogP) is 3.63. The summed E-state index contributed by atoms with van der Waals surface area (Å²) in [6.07, 6.45) is 4.68. The summed E-state index contributed by atoms with van der Waals surface area (Å²) >= 11 is 5.90. The van der Waals surface area contributed by atoms with E-state index in [1.54, 1.807) is 6.07 Å². The normalized spacial score (nSPS) is 10.6. The molecule has 0 aliphatic rings. The lowest BCUT2D eigenvalue weighted by molar-refractivity contribution is 0.127. The number of hydrogen-bond donors (Lipinski definition) is 0. The van der Waals surface area contributed by atoms with Crippen molar-refractivity contribution in [2.24, 2.45) is 0 Å². The van der Waals surface area contributed by atoms with Crippen LogP contribution < -0.4 is 4.74 Å². The fourth-order valence-corrected chi connectivity index (χ4v) is 1.67. The smallest absolute Gasteiger partial charge is 0.218 e. The van der Waals surface area contributed by atoms with Crippen molar-refractivity contribution in [3.05, 3.63) is 17.0 Å². The van der Waals surface area contributed by atoms with Crippen LogP contribution in [0.15, 0.2) is 6.07 Å². The van der Waals surface area contributed by atoms with Crippen LogP contribution in [0.25, 0.3) is 0 Å². The first-order chi connectivity index (χ1) is 8.76. The first-order valence-electron chi connectivity index (χ1n) is 6.50. The van der Waals surface area contributed by atoms with E-state index >= 15 is 0 Å². The molecule has 102 valence electrons. The highest BCUT2D eigenvalue weighted by Gasteiger charge is 2.04. The van der Waals surface area contributed by atoms with Crippen LogP contribution in [-0.2, 0) is 11.3 Å². The summed E-state index contributed by atoms with van der Waals surface area (Å²) in [5.41, 5.74) is 0. The standard InChI is InChI=1S/C13H21ClN2O2/c1-3-5-6-7-8-18-13-9-11(14)15-12(16-13)10-17-4-2/h9H,3-8,10H2,1-2H3. The van der Waals surface area contributed by atoms with E-state index in [1.165, 1.54) is 19.3 Å². The van der Waals surface area contributed by atoms with Crippen LogP contribution in [0.1, 0.15) is 45.4 Å². The summed E-state index contributed by atoms with van der Waals surface area (Å²) in [6, 6.07) is 1.64. The maximum Gasteiger partial charge on any atom is 0.218 e. The molecule has 0 amide bonds. The Morgan fingerprint density at radius 3 is 2.72 bits per heavy atom. The Balaban J connectivity index is 2.41. The van der Waals surface area contributed by atoms with Gasteiger partial charge in [-0.25, -0.2) is 4.98 Å². The number of aromatic nitrogens is 2. The lowest BCUT2D eigenvalue weighted by Gasteiger charge is -2.07. The number of halogens is 1. The van der Waals surface area contributed by atoms with Crippen molar-refractivity contribution >= 4 is 11.6 Å². The maximum atomic E-state index is 5.90. The Morgan fingerprint density at radius 2 is 2.00 bits per heavy atom. The molecule has 0 spiro atoms. The molecule has 18 heavy (non-hydrogen) atoms. The van der Waals surface area contributed by atoms with Crippen LogP contribution >= 0.6 is 11.6 Å². The van der Waals surface area contributed by atoms with E-state index in [0.29, 0.717) is 36.7 Å². The molecule has 0 saturated carbocycles. The van der Waals surface area contributed by atoms with E-state index in [-0.39, 0.29) is 0 Å². The second-order valence-corrected chi connectivity index (χ2v) is 4.38. The topological polar surface area (TPSA) is 44.2 Å². The van der Waals surface area contributed by atoms with Gasteiger partial charge in [-0.1, -0.05) is 37.8 Å². The van der Waals surface area contributed by atoms with Gasteiger partial charge in [-0.2, -0.15) is 4.98 Å². The SMILES string of the molecule is CCCCCCOc1cc(Cl)nc(COCC)n1. The van der Waals surface area contributed by atoms with E-state index in [1.807, 2.05) is 6.92 Å². The minimum Gasteiger partial charge on any atom is -0.478 e. The van der Waals surface area contributed by atoms with E-state index < -0.39 is 0 Å². The number of hydrogen-bond acceptors (Lipinski definition) is 4. The van der Waals surface area contributed by atoms with E-state index in [2.05, 4.69) is 16.9 Å². The van der Waals surface area contributed by atoms with Gasteiger partial charge in [0.1, 0.15) is 11.8 Å². The van der Waals surface area contributed by atoms with Crippen molar-refractivity contribution < 1.29 is 9.47 Å². The van der Waals surface area contributed by atoms with E-state index in [0.717, 1.165) is 6.42 Å². The summed E-state index contributed by atoms with van der Waals surface area (Å²) in [5, 5.41) is 0.392. The van der Waals surface area contributed by atoms with Gasteiger partial charge in [0, 0.05) is 12.7 Å². The zero-order valence-electron chi connectivity index (χ0n) is 11.1. The summed E-state index contributed by atoms with van der Waals surface area (Å²) in [6.45, 7) is 5.77. The Kier molecular flexibility index (Phi) is 7.69. The lowest BCUT2D eigenvalue weighted by atomic mass is 10.2. The van der Waals surface area contributed by atoms with Crippen molar-refractivity contribution in [3.63, 3.8) is 0 Å². The molecule has 1 rings (SSSR count). The minimum absolute atomic E-state index is 0.364. The highest BCUT2D eigenvalue weighted by atomic mass is 35.5. The fraction of sp³-hybridized carbons (Fsp3) is 0.692. The molecule has 0 radical (unpaired) electrons. The lowest BCUT2D eigenvalue weighted by Crippen LogP contribution is -2.04. The molecule has 1 aromatic heterocycles. The van der Waals surface area contributed by atoms with Crippen LogP contribution in [0.5, 0.6) is 5.88 Å². The molecule has 1 aromatic rings. The van der Waals surface area contributed by atoms with Crippen molar-refractivity contribution in [3.8, 4) is 5.88 Å². The van der Waals surface area contributed by atoms with Crippen LogP contribution in [0.3, 0.4) is 0 Å². The van der Waals surface area contributed by atoms with Gasteiger partial charge in [-0.15, -0.1) is 0 Å². The first-order valence-corrected chi connectivity index (χ1v) is 6.88. The number of nitrogens with zero attached hydrogens (tertiary/aromatic N) is 2. The van der Waals surface area contributed by atoms with Crippen molar-refractivity contribution in [1.29, 1.82) is 0 Å². The molecule has 0 aliphatic heterocycles. The van der Waals surface area contributed by atoms with Crippen molar-refractivity contribution in [1.82, 2.24) is 9.97 Å². The molecule has 0 unspecified atom stereocenters. The number of unbranched alkanes of at least 4 members (excludes halogenated alkanes) is 3. The zero-order chi connectivity index (χ0) is 13.2. The molecule has 0 fully saturated rings. The molecular formula is C13H21ClN2O2. The van der Waals surface area contributed by atoms with Gasteiger partial charge in [0.2, 0.25) is 5.88 Å². The van der Waals surface area contributed by atoms with Gasteiger partial charge in [-0.3, -0.25) is 0 Å². The molecular weight excluding hydrogens is 252 g/mol. The van der Waals surface area contributed by atoms with Crippen molar-refractivity contribution in [2.45, 2.75) is 46.1 Å². The zero-order valence-corrected chi connectivity index (χ0v) is 11.9. The average molecular weight is 273 g/mol. The monoisotopic (exact) mass is 272 g/mol. The van der Waals surface area contributed by atoms with Gasteiger partial charge in [0.25, 0.3) is 0 Å². The number of ether oxygens (including phenoxy) is 2. The van der Waals surface area contributed by atoms with Crippen LogP contribution in [0.2, 0.25) is 5.15 Å². The van der Waals surface area contributed by atoms with Crippen LogP contribution in [-0.4, -0.2) is 23.2 Å². The van der Waals surface area contributed by atoms with Crippen molar-refractivity contribution in [2.75, 3.05) is 13.2 Å². The molecule has 1 heterocycles. The third-order valence-electron chi connectivity index (χ3n) is 2.40. The van der Waals surface area contributed by atoms with Gasteiger partial charge in [-0.05, 0) is 13.3 Å². The Morgan fingerprint density at radius 1 is 1.17 bits per heavy atom. The summed E-state index contributed by atoms with van der Waals surface area (Å²) < 4.78 is 10.8. The summed E-state index contributed by atoms with van der Waals surface area (Å²) in [7, 11) is 0. The Labute approximate surface area is 114 Å². The van der Waals surface area contributed by atoms with Crippen LogP contribution in [0.4, 0.5) is 0 Å². The minimum atomic E-state index is 0.364. The van der Waals surface area contributed by atoms with Gasteiger partial charge < -0.3 is 9.47 Å². The Bertz CT molecular complexity index is 348. The fourth-order valence-electron chi connectivity index (χ4n) is 1.48.